The maximum absolute atomic E-state index is 12.2. The maximum Gasteiger partial charge on any atom is 0.387 e. The SMILES string of the molecule is O=C(CSc1ncc(-c2ccccc2)[nH]1)Nc1ccc(OC(F)F)c(Cl)c1. The molecule has 27 heavy (non-hydrogen) atoms. The van der Waals surface area contributed by atoms with Gasteiger partial charge in [0.2, 0.25) is 5.91 Å². The Kier molecular flexibility index (Phi) is 6.31. The summed E-state index contributed by atoms with van der Waals surface area (Å²) < 4.78 is 28.7. The summed E-state index contributed by atoms with van der Waals surface area (Å²) in [6.07, 6.45) is 1.71. The molecule has 0 saturated heterocycles. The van der Waals surface area contributed by atoms with E-state index in [1.54, 1.807) is 6.20 Å². The first-order valence-electron chi connectivity index (χ1n) is 7.78. The maximum atomic E-state index is 12.2. The molecule has 1 aromatic heterocycles. The van der Waals surface area contributed by atoms with Crippen molar-refractivity contribution in [2.75, 3.05) is 11.1 Å². The van der Waals surface area contributed by atoms with Crippen LogP contribution in [0, 0.1) is 0 Å². The molecule has 0 bridgehead atoms. The van der Waals surface area contributed by atoms with Crippen molar-refractivity contribution in [2.24, 2.45) is 0 Å². The molecule has 0 aliphatic rings. The number of halogens is 3. The molecule has 0 aliphatic carbocycles. The van der Waals surface area contributed by atoms with E-state index in [2.05, 4.69) is 20.0 Å². The quantitative estimate of drug-likeness (QED) is 0.535. The highest BCUT2D eigenvalue weighted by atomic mass is 35.5. The summed E-state index contributed by atoms with van der Waals surface area (Å²) in [5, 5.41) is 3.24. The van der Waals surface area contributed by atoms with Crippen molar-refractivity contribution >= 4 is 35.0 Å². The Labute approximate surface area is 163 Å². The van der Waals surface area contributed by atoms with Crippen molar-refractivity contribution in [2.45, 2.75) is 11.8 Å². The van der Waals surface area contributed by atoms with Gasteiger partial charge in [-0.3, -0.25) is 4.79 Å². The van der Waals surface area contributed by atoms with Crippen LogP contribution in [0.1, 0.15) is 0 Å². The number of hydrogen-bond acceptors (Lipinski definition) is 4. The first-order valence-corrected chi connectivity index (χ1v) is 9.15. The van der Waals surface area contributed by atoms with Gasteiger partial charge in [-0.25, -0.2) is 4.98 Å². The minimum atomic E-state index is -2.96. The van der Waals surface area contributed by atoms with Crippen LogP contribution < -0.4 is 10.1 Å². The lowest BCUT2D eigenvalue weighted by atomic mass is 10.2. The molecule has 2 aromatic carbocycles. The van der Waals surface area contributed by atoms with Crippen molar-refractivity contribution in [3.63, 3.8) is 0 Å². The third kappa shape index (κ3) is 5.45. The van der Waals surface area contributed by atoms with Crippen LogP contribution in [0.4, 0.5) is 14.5 Å². The van der Waals surface area contributed by atoms with Crippen LogP contribution in [0.25, 0.3) is 11.3 Å². The smallest absolute Gasteiger partial charge is 0.387 e. The molecule has 0 unspecified atom stereocenters. The van der Waals surface area contributed by atoms with Gasteiger partial charge in [0.05, 0.1) is 22.7 Å². The zero-order valence-corrected chi connectivity index (χ0v) is 15.4. The van der Waals surface area contributed by atoms with Crippen LogP contribution in [-0.2, 0) is 4.79 Å². The topological polar surface area (TPSA) is 67.0 Å². The summed E-state index contributed by atoms with van der Waals surface area (Å²) >= 11 is 7.10. The van der Waals surface area contributed by atoms with Gasteiger partial charge >= 0.3 is 6.61 Å². The molecule has 0 spiro atoms. The molecule has 0 radical (unpaired) electrons. The zero-order valence-electron chi connectivity index (χ0n) is 13.8. The number of thioether (sulfide) groups is 1. The van der Waals surface area contributed by atoms with E-state index in [9.17, 15) is 13.6 Å². The van der Waals surface area contributed by atoms with Crippen molar-refractivity contribution in [1.82, 2.24) is 9.97 Å². The highest BCUT2D eigenvalue weighted by Crippen LogP contribution is 2.29. The van der Waals surface area contributed by atoms with Crippen molar-refractivity contribution in [1.29, 1.82) is 0 Å². The number of rotatable bonds is 7. The van der Waals surface area contributed by atoms with E-state index in [0.29, 0.717) is 10.8 Å². The first-order chi connectivity index (χ1) is 13.0. The van der Waals surface area contributed by atoms with Gasteiger partial charge in [-0.15, -0.1) is 0 Å². The average molecular weight is 410 g/mol. The molecule has 0 fully saturated rings. The van der Waals surface area contributed by atoms with E-state index in [1.807, 2.05) is 30.3 Å². The van der Waals surface area contributed by atoms with Crippen LogP contribution in [0.15, 0.2) is 59.9 Å². The van der Waals surface area contributed by atoms with Crippen molar-refractivity contribution in [3.05, 3.63) is 59.8 Å². The van der Waals surface area contributed by atoms with E-state index in [1.165, 1.54) is 30.0 Å². The summed E-state index contributed by atoms with van der Waals surface area (Å²) in [7, 11) is 0. The molecule has 0 atom stereocenters. The Morgan fingerprint density at radius 1 is 1.26 bits per heavy atom. The van der Waals surface area contributed by atoms with Gasteiger partial charge < -0.3 is 15.0 Å². The molecular weight excluding hydrogens is 396 g/mol. The van der Waals surface area contributed by atoms with Crippen molar-refractivity contribution in [3.8, 4) is 17.0 Å². The van der Waals surface area contributed by atoms with Crippen LogP contribution in [0.3, 0.4) is 0 Å². The second-order valence-electron chi connectivity index (χ2n) is 5.33. The van der Waals surface area contributed by atoms with Crippen LogP contribution in [0.2, 0.25) is 5.02 Å². The molecule has 3 rings (SSSR count). The molecule has 5 nitrogen and oxygen atoms in total. The number of alkyl halides is 2. The number of H-pyrrole nitrogens is 1. The summed E-state index contributed by atoms with van der Waals surface area (Å²) in [5.41, 5.74) is 2.25. The number of benzene rings is 2. The third-order valence-corrected chi connectivity index (χ3v) is 4.59. The monoisotopic (exact) mass is 409 g/mol. The number of hydrogen-bond donors (Lipinski definition) is 2. The molecule has 1 heterocycles. The number of nitrogens with zero attached hydrogens (tertiary/aromatic N) is 1. The number of nitrogens with one attached hydrogen (secondary N) is 2. The Hall–Kier alpha value is -2.58. The molecule has 3 aromatic rings. The van der Waals surface area contributed by atoms with Crippen LogP contribution in [0.5, 0.6) is 5.75 Å². The Bertz CT molecular complexity index is 922. The van der Waals surface area contributed by atoms with E-state index in [0.717, 1.165) is 11.3 Å². The molecule has 140 valence electrons. The largest absolute Gasteiger partial charge is 0.433 e. The average Bonchev–Trinajstić information content (AvgIpc) is 3.12. The molecule has 1 amide bonds. The minimum absolute atomic E-state index is 0.0145. The Morgan fingerprint density at radius 3 is 2.74 bits per heavy atom. The number of anilines is 1. The fraction of sp³-hybridized carbons (Fsp3) is 0.111. The number of amides is 1. The lowest BCUT2D eigenvalue weighted by Gasteiger charge is -2.09. The third-order valence-electron chi connectivity index (χ3n) is 3.41. The normalized spacial score (nSPS) is 10.8. The number of imidazole rings is 1. The number of aromatic amines is 1. The van der Waals surface area contributed by atoms with Gasteiger partial charge in [0.15, 0.2) is 5.16 Å². The second-order valence-corrected chi connectivity index (χ2v) is 6.70. The summed E-state index contributed by atoms with van der Waals surface area (Å²) in [5.74, 6) is -0.311. The molecule has 9 heteroatoms. The van der Waals surface area contributed by atoms with E-state index in [4.69, 9.17) is 11.6 Å². The molecule has 2 N–H and O–H groups in total. The van der Waals surface area contributed by atoms with E-state index in [-0.39, 0.29) is 22.4 Å². The van der Waals surface area contributed by atoms with Crippen LogP contribution in [-0.4, -0.2) is 28.2 Å². The van der Waals surface area contributed by atoms with Gasteiger partial charge in [0, 0.05) is 5.69 Å². The summed E-state index contributed by atoms with van der Waals surface area (Å²) in [4.78, 5) is 19.5. The number of aromatic nitrogens is 2. The molecule has 0 saturated carbocycles. The second kappa shape index (κ2) is 8.88. The Balaban J connectivity index is 1.54. The first kappa shape index (κ1) is 19.2. The summed E-state index contributed by atoms with van der Waals surface area (Å²) in [6, 6.07) is 13.8. The summed E-state index contributed by atoms with van der Waals surface area (Å²) in [6.45, 7) is -2.96. The van der Waals surface area contributed by atoms with Gasteiger partial charge in [-0.2, -0.15) is 8.78 Å². The number of carbonyl (C=O) groups is 1. The van der Waals surface area contributed by atoms with E-state index < -0.39 is 6.61 Å². The minimum Gasteiger partial charge on any atom is -0.433 e. The number of carbonyl (C=O) groups excluding carboxylic acids is 1. The lowest BCUT2D eigenvalue weighted by Crippen LogP contribution is -2.14. The van der Waals surface area contributed by atoms with Gasteiger partial charge in [-0.1, -0.05) is 53.7 Å². The molecular formula is C18H14ClF2N3O2S. The Morgan fingerprint density at radius 2 is 2.04 bits per heavy atom. The van der Waals surface area contributed by atoms with Gasteiger partial charge in [0.25, 0.3) is 0 Å². The number of ether oxygens (including phenoxy) is 1. The van der Waals surface area contributed by atoms with Gasteiger partial charge in [-0.05, 0) is 23.8 Å². The fourth-order valence-electron chi connectivity index (χ4n) is 2.24. The predicted octanol–water partition coefficient (Wildman–Crippen LogP) is 5.06. The highest BCUT2D eigenvalue weighted by Gasteiger charge is 2.11. The van der Waals surface area contributed by atoms with Crippen LogP contribution >= 0.6 is 23.4 Å². The van der Waals surface area contributed by atoms with Gasteiger partial charge in [0.1, 0.15) is 5.75 Å². The standard InChI is InChI=1S/C18H14ClF2N3O2S/c19-13-8-12(6-7-15(13)26-17(20)21)23-16(25)10-27-18-22-9-14(24-18)11-4-2-1-3-5-11/h1-9,17H,10H2,(H,22,24)(H,23,25). The lowest BCUT2D eigenvalue weighted by molar-refractivity contribution is -0.113. The fourth-order valence-corrected chi connectivity index (χ4v) is 3.12. The zero-order chi connectivity index (χ0) is 19.2. The van der Waals surface area contributed by atoms with Crippen molar-refractivity contribution < 1.29 is 18.3 Å². The highest BCUT2D eigenvalue weighted by molar-refractivity contribution is 7.99. The molecule has 0 aliphatic heterocycles. The van der Waals surface area contributed by atoms with E-state index >= 15 is 0 Å². The predicted molar refractivity (Wildman–Crippen MR) is 101 cm³/mol.